The summed E-state index contributed by atoms with van der Waals surface area (Å²) in [6, 6.07) is 22.4. The first kappa shape index (κ1) is 18.5. The molecule has 3 aromatic carbocycles. The molecule has 4 aromatic rings. The third-order valence-electron chi connectivity index (χ3n) is 4.49. The maximum Gasteiger partial charge on any atom is 0.256 e. The Hall–Kier alpha value is -2.88. The van der Waals surface area contributed by atoms with Gasteiger partial charge < -0.3 is 5.32 Å². The molecular formula is C23H16Cl2N2O. The van der Waals surface area contributed by atoms with Crippen molar-refractivity contribution in [3.63, 3.8) is 0 Å². The average molecular weight is 407 g/mol. The van der Waals surface area contributed by atoms with E-state index in [1.165, 1.54) is 0 Å². The first-order valence-corrected chi connectivity index (χ1v) is 9.50. The number of nitrogens with one attached hydrogen (secondary N) is 1. The minimum Gasteiger partial charge on any atom is -0.322 e. The van der Waals surface area contributed by atoms with Crippen LogP contribution in [0.3, 0.4) is 0 Å². The second kappa shape index (κ2) is 7.63. The summed E-state index contributed by atoms with van der Waals surface area (Å²) < 4.78 is 0. The van der Waals surface area contributed by atoms with Crippen LogP contribution in [0.2, 0.25) is 10.0 Å². The molecule has 0 spiro atoms. The molecule has 0 unspecified atom stereocenters. The van der Waals surface area contributed by atoms with Crippen LogP contribution in [0.25, 0.3) is 22.2 Å². The van der Waals surface area contributed by atoms with Gasteiger partial charge in [0.2, 0.25) is 0 Å². The van der Waals surface area contributed by atoms with Crippen molar-refractivity contribution in [1.82, 2.24) is 4.98 Å². The van der Waals surface area contributed by atoms with Crippen LogP contribution >= 0.6 is 23.2 Å². The number of benzene rings is 3. The van der Waals surface area contributed by atoms with Crippen molar-refractivity contribution in [1.29, 1.82) is 0 Å². The van der Waals surface area contributed by atoms with Crippen LogP contribution < -0.4 is 5.32 Å². The Morgan fingerprint density at radius 3 is 2.39 bits per heavy atom. The van der Waals surface area contributed by atoms with E-state index in [0.29, 0.717) is 21.3 Å². The van der Waals surface area contributed by atoms with Gasteiger partial charge in [-0.25, -0.2) is 4.98 Å². The number of halogens is 2. The number of pyridine rings is 1. The number of rotatable bonds is 3. The summed E-state index contributed by atoms with van der Waals surface area (Å²) in [5.41, 5.74) is 4.62. The van der Waals surface area contributed by atoms with Crippen molar-refractivity contribution in [3.8, 4) is 11.3 Å². The Bertz CT molecular complexity index is 1190. The van der Waals surface area contributed by atoms with E-state index in [4.69, 9.17) is 28.2 Å². The Balaban J connectivity index is 1.80. The molecule has 138 valence electrons. The van der Waals surface area contributed by atoms with Gasteiger partial charge in [-0.05, 0) is 43.3 Å². The van der Waals surface area contributed by atoms with Crippen LogP contribution in [0.5, 0.6) is 0 Å². The molecular weight excluding hydrogens is 391 g/mol. The molecule has 3 nitrogen and oxygen atoms in total. The van der Waals surface area contributed by atoms with Gasteiger partial charge >= 0.3 is 0 Å². The van der Waals surface area contributed by atoms with E-state index >= 15 is 0 Å². The van der Waals surface area contributed by atoms with Gasteiger partial charge in [0.1, 0.15) is 0 Å². The smallest absolute Gasteiger partial charge is 0.256 e. The number of aromatic nitrogens is 1. The highest BCUT2D eigenvalue weighted by molar-refractivity contribution is 6.42. The maximum absolute atomic E-state index is 13.0. The molecule has 0 bridgehead atoms. The molecule has 5 heteroatoms. The zero-order valence-electron chi connectivity index (χ0n) is 15.0. The van der Waals surface area contributed by atoms with Crippen LogP contribution in [0.1, 0.15) is 15.9 Å². The molecule has 0 fully saturated rings. The third kappa shape index (κ3) is 3.72. The second-order valence-corrected chi connectivity index (χ2v) is 7.34. The fourth-order valence-corrected chi connectivity index (χ4v) is 3.30. The number of fused-ring (bicyclic) bond motifs is 1. The quantitative estimate of drug-likeness (QED) is 0.407. The lowest BCUT2D eigenvalue weighted by molar-refractivity contribution is 0.102. The highest BCUT2D eigenvalue weighted by Gasteiger charge is 2.15. The number of aryl methyl sites for hydroxylation is 1. The lowest BCUT2D eigenvalue weighted by Gasteiger charge is -2.11. The predicted molar refractivity (Wildman–Crippen MR) is 116 cm³/mol. The molecule has 28 heavy (non-hydrogen) atoms. The van der Waals surface area contributed by atoms with Crippen LogP contribution in [0.4, 0.5) is 5.69 Å². The van der Waals surface area contributed by atoms with E-state index in [0.717, 1.165) is 27.7 Å². The van der Waals surface area contributed by atoms with Gasteiger partial charge in [-0.3, -0.25) is 4.79 Å². The van der Waals surface area contributed by atoms with Gasteiger partial charge in [-0.1, -0.05) is 65.2 Å². The molecule has 0 atom stereocenters. The molecule has 4 rings (SSSR count). The van der Waals surface area contributed by atoms with Gasteiger partial charge in [0.15, 0.2) is 0 Å². The summed E-state index contributed by atoms with van der Waals surface area (Å²) in [6.07, 6.45) is 0. The van der Waals surface area contributed by atoms with Crippen LogP contribution in [0, 0.1) is 6.92 Å². The predicted octanol–water partition coefficient (Wildman–Crippen LogP) is 6.77. The number of carbonyl (C=O) groups excluding carboxylic acids is 1. The zero-order chi connectivity index (χ0) is 19.7. The summed E-state index contributed by atoms with van der Waals surface area (Å²) in [4.78, 5) is 17.7. The monoisotopic (exact) mass is 406 g/mol. The molecule has 0 aliphatic rings. The number of para-hydroxylation sites is 1. The van der Waals surface area contributed by atoms with Gasteiger partial charge in [0, 0.05) is 16.6 Å². The molecule has 1 amide bonds. The van der Waals surface area contributed by atoms with Crippen LogP contribution in [0.15, 0.2) is 72.8 Å². The van der Waals surface area contributed by atoms with E-state index in [1.807, 2.05) is 61.5 Å². The summed E-state index contributed by atoms with van der Waals surface area (Å²) in [7, 11) is 0. The SMILES string of the molecule is Cc1ccc(NC(=O)c2cc(-c3ccc(Cl)c(Cl)c3)nc3ccccc23)cc1. The highest BCUT2D eigenvalue weighted by atomic mass is 35.5. The standard InChI is InChI=1S/C23H16Cl2N2O/c1-14-6-9-16(10-7-14)26-23(28)18-13-22(15-8-11-19(24)20(25)12-15)27-21-5-3-2-4-17(18)21/h2-13H,1H3,(H,26,28). The maximum atomic E-state index is 13.0. The summed E-state index contributed by atoms with van der Waals surface area (Å²) in [6.45, 7) is 2.01. The van der Waals surface area contributed by atoms with Gasteiger partial charge in [0.25, 0.3) is 5.91 Å². The molecule has 1 N–H and O–H groups in total. The number of hydrogen-bond acceptors (Lipinski definition) is 2. The number of amides is 1. The van der Waals surface area contributed by atoms with Crippen molar-refractivity contribution in [2.24, 2.45) is 0 Å². The van der Waals surface area contributed by atoms with Crippen molar-refractivity contribution in [2.75, 3.05) is 5.32 Å². The Morgan fingerprint density at radius 1 is 0.893 bits per heavy atom. The van der Waals surface area contributed by atoms with E-state index in [2.05, 4.69) is 5.32 Å². The van der Waals surface area contributed by atoms with E-state index in [-0.39, 0.29) is 5.91 Å². The first-order valence-electron chi connectivity index (χ1n) is 8.74. The fraction of sp³-hybridized carbons (Fsp3) is 0.0435. The number of carbonyl (C=O) groups is 1. The van der Waals surface area contributed by atoms with Crippen LogP contribution in [-0.2, 0) is 0 Å². The third-order valence-corrected chi connectivity index (χ3v) is 5.22. The number of nitrogens with zero attached hydrogens (tertiary/aromatic N) is 1. The Morgan fingerprint density at radius 2 is 1.64 bits per heavy atom. The fourth-order valence-electron chi connectivity index (χ4n) is 3.00. The average Bonchev–Trinajstić information content (AvgIpc) is 2.71. The van der Waals surface area contributed by atoms with Crippen molar-refractivity contribution in [2.45, 2.75) is 6.92 Å². The Kier molecular flexibility index (Phi) is 5.03. The largest absolute Gasteiger partial charge is 0.322 e. The van der Waals surface area contributed by atoms with Gasteiger partial charge in [-0.15, -0.1) is 0 Å². The normalized spacial score (nSPS) is 10.8. The zero-order valence-corrected chi connectivity index (χ0v) is 16.6. The number of anilines is 1. The van der Waals surface area contributed by atoms with E-state index in [9.17, 15) is 4.79 Å². The second-order valence-electron chi connectivity index (χ2n) is 6.52. The molecule has 1 aromatic heterocycles. The number of hydrogen-bond donors (Lipinski definition) is 1. The lowest BCUT2D eigenvalue weighted by atomic mass is 10.0. The minimum absolute atomic E-state index is 0.191. The van der Waals surface area contributed by atoms with Crippen LogP contribution in [-0.4, -0.2) is 10.9 Å². The van der Waals surface area contributed by atoms with Crippen molar-refractivity contribution in [3.05, 3.63) is 94.0 Å². The minimum atomic E-state index is -0.191. The molecule has 0 aliphatic heterocycles. The molecule has 0 saturated carbocycles. The lowest BCUT2D eigenvalue weighted by Crippen LogP contribution is -2.13. The van der Waals surface area contributed by atoms with Crippen molar-refractivity contribution >= 4 is 45.7 Å². The molecule has 1 heterocycles. The van der Waals surface area contributed by atoms with E-state index in [1.54, 1.807) is 18.2 Å². The highest BCUT2D eigenvalue weighted by Crippen LogP contribution is 2.30. The molecule has 0 saturated heterocycles. The topological polar surface area (TPSA) is 42.0 Å². The Labute approximate surface area is 172 Å². The summed E-state index contributed by atoms with van der Waals surface area (Å²) >= 11 is 12.2. The summed E-state index contributed by atoms with van der Waals surface area (Å²) in [5.74, 6) is -0.191. The van der Waals surface area contributed by atoms with Crippen molar-refractivity contribution < 1.29 is 4.79 Å². The van der Waals surface area contributed by atoms with E-state index < -0.39 is 0 Å². The van der Waals surface area contributed by atoms with Gasteiger partial charge in [0.05, 0.1) is 26.8 Å². The van der Waals surface area contributed by atoms with Gasteiger partial charge in [-0.2, -0.15) is 0 Å². The molecule has 0 radical (unpaired) electrons. The first-order chi connectivity index (χ1) is 13.5. The molecule has 0 aliphatic carbocycles. The summed E-state index contributed by atoms with van der Waals surface area (Å²) in [5, 5.41) is 4.67.